The number of esters is 1. The summed E-state index contributed by atoms with van der Waals surface area (Å²) in [6, 6.07) is 9.50. The fourth-order valence-electron chi connectivity index (χ4n) is 2.25. The second-order valence-electron chi connectivity index (χ2n) is 5.71. The summed E-state index contributed by atoms with van der Waals surface area (Å²) in [5.74, 6) is -2.08. The Bertz CT molecular complexity index is 961. The smallest absolute Gasteiger partial charge is 0.338 e. The lowest BCUT2D eigenvalue weighted by Gasteiger charge is -2.08. The number of primary sulfonamides is 1. The van der Waals surface area contributed by atoms with Crippen molar-refractivity contribution in [3.05, 3.63) is 59.4 Å². The largest absolute Gasteiger partial charge is 0.494 e. The van der Waals surface area contributed by atoms with Gasteiger partial charge in [0.15, 0.2) is 18.2 Å². The van der Waals surface area contributed by atoms with Gasteiger partial charge in [-0.3, -0.25) is 4.79 Å². The lowest BCUT2D eigenvalue weighted by Crippen LogP contribution is -2.30. The molecule has 28 heavy (non-hydrogen) atoms. The summed E-state index contributed by atoms with van der Waals surface area (Å²) in [5, 5.41) is 7.58. The van der Waals surface area contributed by atoms with E-state index in [1.54, 1.807) is 12.1 Å². The SMILES string of the molecule is COc1ccc(C(=O)OCC(=O)NCCc2ccc(S(N)(=O)=O)cc2)cc1F. The van der Waals surface area contributed by atoms with Gasteiger partial charge in [0, 0.05) is 6.54 Å². The Morgan fingerprint density at radius 1 is 1.14 bits per heavy atom. The average Bonchev–Trinajstić information content (AvgIpc) is 2.65. The van der Waals surface area contributed by atoms with E-state index in [-0.39, 0.29) is 22.8 Å². The molecule has 150 valence electrons. The number of ether oxygens (including phenoxy) is 2. The number of nitrogens with two attached hydrogens (primary N) is 1. The van der Waals surface area contributed by atoms with Crippen LogP contribution in [0.4, 0.5) is 4.39 Å². The van der Waals surface area contributed by atoms with Crippen molar-refractivity contribution in [2.75, 3.05) is 20.3 Å². The molecule has 0 spiro atoms. The van der Waals surface area contributed by atoms with E-state index in [1.807, 2.05) is 0 Å². The second-order valence-corrected chi connectivity index (χ2v) is 7.28. The number of halogens is 1. The Kier molecular flexibility index (Phi) is 7.07. The quantitative estimate of drug-likeness (QED) is 0.626. The van der Waals surface area contributed by atoms with Crippen LogP contribution in [0.15, 0.2) is 47.4 Å². The van der Waals surface area contributed by atoms with Crippen LogP contribution in [0.1, 0.15) is 15.9 Å². The molecule has 3 N–H and O–H groups in total. The van der Waals surface area contributed by atoms with Crippen molar-refractivity contribution in [2.45, 2.75) is 11.3 Å². The zero-order chi connectivity index (χ0) is 20.7. The van der Waals surface area contributed by atoms with E-state index in [4.69, 9.17) is 14.6 Å². The maximum absolute atomic E-state index is 13.6. The molecule has 0 saturated heterocycles. The standard InChI is InChI=1S/C18H19FN2O6S/c1-26-16-7-4-13(10-15(16)19)18(23)27-11-17(22)21-9-8-12-2-5-14(6-3-12)28(20,24)25/h2-7,10H,8-9,11H2,1H3,(H,21,22)(H2,20,24,25). The van der Waals surface area contributed by atoms with E-state index in [2.05, 4.69) is 5.32 Å². The topological polar surface area (TPSA) is 125 Å². The van der Waals surface area contributed by atoms with Crippen LogP contribution in [0.25, 0.3) is 0 Å². The lowest BCUT2D eigenvalue weighted by molar-refractivity contribution is -0.124. The van der Waals surface area contributed by atoms with Crippen molar-refractivity contribution in [1.29, 1.82) is 0 Å². The molecule has 0 heterocycles. The van der Waals surface area contributed by atoms with E-state index in [0.717, 1.165) is 11.6 Å². The van der Waals surface area contributed by atoms with Crippen LogP contribution in [0.3, 0.4) is 0 Å². The Morgan fingerprint density at radius 2 is 1.82 bits per heavy atom. The monoisotopic (exact) mass is 410 g/mol. The molecular weight excluding hydrogens is 391 g/mol. The van der Waals surface area contributed by atoms with Gasteiger partial charge in [-0.25, -0.2) is 22.7 Å². The summed E-state index contributed by atoms with van der Waals surface area (Å²) >= 11 is 0. The van der Waals surface area contributed by atoms with E-state index >= 15 is 0 Å². The Hall–Kier alpha value is -2.98. The Labute approximate surface area is 161 Å². The molecular formula is C18H19FN2O6S. The summed E-state index contributed by atoms with van der Waals surface area (Å²) in [6.07, 6.45) is 0.439. The van der Waals surface area contributed by atoms with Gasteiger partial charge in [-0.15, -0.1) is 0 Å². The number of hydrogen-bond donors (Lipinski definition) is 2. The van der Waals surface area contributed by atoms with Gasteiger partial charge < -0.3 is 14.8 Å². The van der Waals surface area contributed by atoms with Crippen LogP contribution < -0.4 is 15.2 Å². The highest BCUT2D eigenvalue weighted by Crippen LogP contribution is 2.18. The predicted octanol–water partition coefficient (Wildman–Crippen LogP) is 0.997. The van der Waals surface area contributed by atoms with Gasteiger partial charge in [-0.1, -0.05) is 12.1 Å². The maximum Gasteiger partial charge on any atom is 0.338 e. The third-order valence-corrected chi connectivity index (χ3v) is 4.64. The number of methoxy groups -OCH3 is 1. The van der Waals surface area contributed by atoms with Crippen molar-refractivity contribution in [3.8, 4) is 5.75 Å². The molecule has 0 atom stereocenters. The fourth-order valence-corrected chi connectivity index (χ4v) is 2.77. The number of rotatable bonds is 8. The minimum atomic E-state index is -3.75. The maximum atomic E-state index is 13.6. The molecule has 0 saturated carbocycles. The molecule has 0 fully saturated rings. The highest BCUT2D eigenvalue weighted by atomic mass is 32.2. The summed E-state index contributed by atoms with van der Waals surface area (Å²) in [7, 11) is -2.45. The van der Waals surface area contributed by atoms with Gasteiger partial charge in [-0.05, 0) is 42.3 Å². The Morgan fingerprint density at radius 3 is 2.39 bits per heavy atom. The predicted molar refractivity (Wildman–Crippen MR) is 97.8 cm³/mol. The number of carbonyl (C=O) groups excluding carboxylic acids is 2. The highest BCUT2D eigenvalue weighted by molar-refractivity contribution is 7.89. The van der Waals surface area contributed by atoms with Gasteiger partial charge in [0.1, 0.15) is 0 Å². The molecule has 0 unspecified atom stereocenters. The molecule has 0 aliphatic heterocycles. The third kappa shape index (κ3) is 6.03. The van der Waals surface area contributed by atoms with Crippen molar-refractivity contribution in [2.24, 2.45) is 5.14 Å². The number of carbonyl (C=O) groups is 2. The van der Waals surface area contributed by atoms with Crippen LogP contribution in [0, 0.1) is 5.82 Å². The molecule has 1 amide bonds. The van der Waals surface area contributed by atoms with E-state index < -0.39 is 34.3 Å². The van der Waals surface area contributed by atoms with Gasteiger partial charge in [0.2, 0.25) is 10.0 Å². The van der Waals surface area contributed by atoms with Gasteiger partial charge >= 0.3 is 5.97 Å². The number of hydrogen-bond acceptors (Lipinski definition) is 6. The molecule has 0 aromatic heterocycles. The number of benzene rings is 2. The normalized spacial score (nSPS) is 11.0. The Balaban J connectivity index is 1.77. The van der Waals surface area contributed by atoms with Gasteiger partial charge in [-0.2, -0.15) is 0 Å². The summed E-state index contributed by atoms with van der Waals surface area (Å²) in [5.41, 5.74) is 0.749. The van der Waals surface area contributed by atoms with Gasteiger partial charge in [0.05, 0.1) is 17.6 Å². The minimum absolute atomic E-state index is 0.00201. The van der Waals surface area contributed by atoms with E-state index in [9.17, 15) is 22.4 Å². The zero-order valence-corrected chi connectivity index (χ0v) is 15.8. The molecule has 0 aliphatic rings. The average molecular weight is 410 g/mol. The minimum Gasteiger partial charge on any atom is -0.494 e. The summed E-state index contributed by atoms with van der Waals surface area (Å²) in [4.78, 5) is 23.6. The van der Waals surface area contributed by atoms with E-state index in [0.29, 0.717) is 6.42 Å². The first-order chi connectivity index (χ1) is 13.2. The first-order valence-electron chi connectivity index (χ1n) is 8.10. The fraction of sp³-hybridized carbons (Fsp3) is 0.222. The molecule has 2 rings (SSSR count). The molecule has 2 aromatic rings. The molecule has 8 nitrogen and oxygen atoms in total. The van der Waals surface area contributed by atoms with Crippen molar-refractivity contribution in [1.82, 2.24) is 5.32 Å². The van der Waals surface area contributed by atoms with Gasteiger partial charge in [0.25, 0.3) is 5.91 Å². The van der Waals surface area contributed by atoms with Crippen LogP contribution >= 0.6 is 0 Å². The molecule has 0 radical (unpaired) electrons. The summed E-state index contributed by atoms with van der Waals surface area (Å²) < 4.78 is 45.5. The zero-order valence-electron chi connectivity index (χ0n) is 15.0. The van der Waals surface area contributed by atoms with Crippen LogP contribution in [0.5, 0.6) is 5.75 Å². The highest BCUT2D eigenvalue weighted by Gasteiger charge is 2.13. The molecule has 10 heteroatoms. The summed E-state index contributed by atoms with van der Waals surface area (Å²) in [6.45, 7) is -0.265. The number of sulfonamides is 1. The van der Waals surface area contributed by atoms with Crippen LogP contribution in [-0.4, -0.2) is 40.6 Å². The van der Waals surface area contributed by atoms with Crippen molar-refractivity contribution >= 4 is 21.9 Å². The van der Waals surface area contributed by atoms with Crippen molar-refractivity contribution < 1.29 is 31.9 Å². The second kappa shape index (κ2) is 9.29. The molecule has 0 bridgehead atoms. The molecule has 2 aromatic carbocycles. The van der Waals surface area contributed by atoms with Crippen LogP contribution in [0.2, 0.25) is 0 Å². The van der Waals surface area contributed by atoms with Crippen molar-refractivity contribution in [3.63, 3.8) is 0 Å². The van der Waals surface area contributed by atoms with E-state index in [1.165, 1.54) is 31.4 Å². The third-order valence-electron chi connectivity index (χ3n) is 3.71. The first kappa shape index (κ1) is 21.3. The van der Waals surface area contributed by atoms with Crippen LogP contribution in [-0.2, 0) is 26.0 Å². The number of nitrogens with one attached hydrogen (secondary N) is 1. The first-order valence-corrected chi connectivity index (χ1v) is 9.64. The lowest BCUT2D eigenvalue weighted by atomic mass is 10.1. The number of amides is 1. The molecule has 0 aliphatic carbocycles.